The van der Waals surface area contributed by atoms with Gasteiger partial charge in [-0.3, -0.25) is 5.41 Å². The van der Waals surface area contributed by atoms with Gasteiger partial charge in [0.25, 0.3) is 0 Å². The number of piperazine rings is 1. The summed E-state index contributed by atoms with van der Waals surface area (Å²) in [5.74, 6) is 0.761. The third kappa shape index (κ3) is 2.68. The largest absolute Gasteiger partial charge is 0.368 e. The smallest absolute Gasteiger partial charge is 0.129 e. The number of alkyl halides is 1. The fourth-order valence-corrected chi connectivity index (χ4v) is 4.11. The van der Waals surface area contributed by atoms with Crippen LogP contribution < -0.4 is 10.6 Å². The van der Waals surface area contributed by atoms with E-state index in [1.54, 1.807) is 6.92 Å². The van der Waals surface area contributed by atoms with E-state index in [0.717, 1.165) is 43.9 Å². The molecule has 3 unspecified atom stereocenters. The highest BCUT2D eigenvalue weighted by Crippen LogP contribution is 2.37. The van der Waals surface area contributed by atoms with Crippen molar-refractivity contribution < 1.29 is 0 Å². The number of halogens is 1. The molecule has 3 aliphatic rings. The second-order valence-electron chi connectivity index (χ2n) is 6.43. The van der Waals surface area contributed by atoms with Crippen molar-refractivity contribution in [2.45, 2.75) is 31.7 Å². The van der Waals surface area contributed by atoms with E-state index in [4.69, 9.17) is 22.4 Å². The summed E-state index contributed by atoms with van der Waals surface area (Å²) in [6.07, 6.45) is 3.05. The average Bonchev–Trinajstić information content (AvgIpc) is 2.47. The maximum Gasteiger partial charge on any atom is 0.129 e. The first-order valence-electron chi connectivity index (χ1n) is 7.96. The lowest BCUT2D eigenvalue weighted by Crippen LogP contribution is -2.53. The monoisotopic (exact) mass is 321 g/mol. The normalized spacial score (nSPS) is 32.3. The van der Waals surface area contributed by atoms with Gasteiger partial charge in [0.2, 0.25) is 0 Å². The van der Waals surface area contributed by atoms with Crippen LogP contribution in [-0.4, -0.2) is 54.0 Å². The zero-order valence-electron chi connectivity index (χ0n) is 13.2. The number of hydrogen-bond acceptors (Lipinski definition) is 4. The number of fused-ring (bicyclic) bond motifs is 1. The van der Waals surface area contributed by atoms with Crippen molar-refractivity contribution in [3.05, 3.63) is 22.9 Å². The zero-order valence-corrected chi connectivity index (χ0v) is 13.9. The molecule has 0 spiro atoms. The highest BCUT2D eigenvalue weighted by Gasteiger charge is 2.38. The van der Waals surface area contributed by atoms with Crippen LogP contribution in [-0.2, 0) is 0 Å². The number of nitrogens with zero attached hydrogens (tertiary/aromatic N) is 1. The fourth-order valence-electron chi connectivity index (χ4n) is 3.70. The topological polar surface area (TPSA) is 75.0 Å². The predicted octanol–water partition coefficient (Wildman–Crippen LogP) is 1.71. The van der Waals surface area contributed by atoms with Crippen molar-refractivity contribution in [3.8, 4) is 0 Å². The van der Waals surface area contributed by atoms with E-state index in [2.05, 4.69) is 28.5 Å². The summed E-state index contributed by atoms with van der Waals surface area (Å²) < 4.78 is 0. The number of amidine groups is 1. The molecule has 0 radical (unpaired) electrons. The molecule has 6 heteroatoms. The molecule has 0 bridgehead atoms. The SMILES string of the molecule is CC(=N)C1=C(N2CCNCC2)C2=CC(Cl)CC(C)C2NC1=N. The summed E-state index contributed by atoms with van der Waals surface area (Å²) in [4.78, 5) is 2.32. The van der Waals surface area contributed by atoms with E-state index in [1.165, 1.54) is 5.57 Å². The van der Waals surface area contributed by atoms with Crippen LogP contribution in [0, 0.1) is 16.7 Å². The van der Waals surface area contributed by atoms with Gasteiger partial charge >= 0.3 is 0 Å². The first kappa shape index (κ1) is 15.6. The van der Waals surface area contributed by atoms with Crippen LogP contribution in [0.1, 0.15) is 20.3 Å². The minimum absolute atomic E-state index is 0.0283. The Bertz CT molecular complexity index is 559. The van der Waals surface area contributed by atoms with Crippen LogP contribution in [0.25, 0.3) is 0 Å². The van der Waals surface area contributed by atoms with Crippen LogP contribution in [0.15, 0.2) is 22.9 Å². The van der Waals surface area contributed by atoms with E-state index in [1.807, 2.05) is 0 Å². The zero-order chi connectivity index (χ0) is 15.9. The Hall–Kier alpha value is -1.33. The van der Waals surface area contributed by atoms with Crippen molar-refractivity contribution in [3.63, 3.8) is 0 Å². The Labute approximate surface area is 136 Å². The summed E-state index contributed by atoms with van der Waals surface area (Å²) in [6, 6.07) is 0.135. The van der Waals surface area contributed by atoms with Crippen LogP contribution in [0.5, 0.6) is 0 Å². The first-order valence-corrected chi connectivity index (χ1v) is 8.39. The summed E-state index contributed by atoms with van der Waals surface area (Å²) in [7, 11) is 0. The Morgan fingerprint density at radius 2 is 2.05 bits per heavy atom. The van der Waals surface area contributed by atoms with Gasteiger partial charge in [0, 0.05) is 31.9 Å². The predicted molar refractivity (Wildman–Crippen MR) is 91.0 cm³/mol. The van der Waals surface area contributed by atoms with E-state index >= 15 is 0 Å². The number of hydrogen-bond donors (Lipinski definition) is 4. The van der Waals surface area contributed by atoms with Crippen LogP contribution in [0.3, 0.4) is 0 Å². The van der Waals surface area contributed by atoms with Crippen molar-refractivity contribution in [2.75, 3.05) is 26.2 Å². The average molecular weight is 322 g/mol. The van der Waals surface area contributed by atoms with Crippen molar-refractivity contribution >= 4 is 23.1 Å². The standard InChI is InChI=1S/C16H24ClN5/c1-9-7-11(17)8-12-14(9)21-16(19)13(10(2)18)15(12)22-5-3-20-4-6-22/h8-9,11,14,18,20H,3-7H2,1-2H3,(H2,19,21). The molecule has 22 heavy (non-hydrogen) atoms. The van der Waals surface area contributed by atoms with E-state index < -0.39 is 0 Å². The molecule has 0 amide bonds. The molecule has 1 fully saturated rings. The molecule has 0 saturated carbocycles. The lowest BCUT2D eigenvalue weighted by atomic mass is 9.79. The van der Waals surface area contributed by atoms with Gasteiger partial charge in [0.05, 0.1) is 22.7 Å². The molecule has 2 aliphatic heterocycles. The Morgan fingerprint density at radius 1 is 1.36 bits per heavy atom. The van der Waals surface area contributed by atoms with Gasteiger partial charge in [-0.2, -0.15) is 0 Å². The van der Waals surface area contributed by atoms with E-state index in [9.17, 15) is 0 Å². The Balaban J connectivity index is 2.12. The van der Waals surface area contributed by atoms with E-state index in [-0.39, 0.29) is 11.4 Å². The van der Waals surface area contributed by atoms with E-state index in [0.29, 0.717) is 17.5 Å². The quantitative estimate of drug-likeness (QED) is 0.462. The summed E-state index contributed by atoms with van der Waals surface area (Å²) >= 11 is 6.43. The molecule has 3 atom stereocenters. The highest BCUT2D eigenvalue weighted by molar-refractivity contribution is 6.23. The molecule has 5 nitrogen and oxygen atoms in total. The van der Waals surface area contributed by atoms with Crippen molar-refractivity contribution in [1.29, 1.82) is 10.8 Å². The van der Waals surface area contributed by atoms with Gasteiger partial charge in [-0.15, -0.1) is 11.6 Å². The van der Waals surface area contributed by atoms with Gasteiger partial charge in [-0.05, 0) is 24.8 Å². The number of rotatable bonds is 2. The number of nitrogens with one attached hydrogen (secondary N) is 4. The van der Waals surface area contributed by atoms with Gasteiger partial charge in [-0.25, -0.2) is 0 Å². The minimum atomic E-state index is 0.0283. The second-order valence-corrected chi connectivity index (χ2v) is 6.99. The Kier molecular flexibility index (Phi) is 4.28. The molecule has 1 saturated heterocycles. The van der Waals surface area contributed by atoms with Crippen LogP contribution in [0.4, 0.5) is 0 Å². The van der Waals surface area contributed by atoms with Gasteiger partial charge in [0.1, 0.15) is 5.84 Å². The summed E-state index contributed by atoms with van der Waals surface area (Å²) in [6.45, 7) is 7.64. The number of allylic oxidation sites excluding steroid dienone is 1. The molecule has 1 aliphatic carbocycles. The molecule has 0 aromatic carbocycles. The third-order valence-electron chi connectivity index (χ3n) is 4.73. The molecule has 120 valence electrons. The maximum absolute atomic E-state index is 8.38. The molecule has 4 N–H and O–H groups in total. The summed E-state index contributed by atoms with van der Waals surface area (Å²) in [5, 5.41) is 23.2. The lowest BCUT2D eigenvalue weighted by molar-refractivity contribution is 0.290. The molecule has 3 rings (SSSR count). The third-order valence-corrected chi connectivity index (χ3v) is 5.03. The van der Waals surface area contributed by atoms with Gasteiger partial charge in [0.15, 0.2) is 0 Å². The van der Waals surface area contributed by atoms with Gasteiger partial charge < -0.3 is 20.9 Å². The van der Waals surface area contributed by atoms with Gasteiger partial charge in [-0.1, -0.05) is 13.0 Å². The van der Waals surface area contributed by atoms with Crippen LogP contribution >= 0.6 is 11.6 Å². The molecular weight excluding hydrogens is 298 g/mol. The highest BCUT2D eigenvalue weighted by atomic mass is 35.5. The molecule has 0 aromatic rings. The minimum Gasteiger partial charge on any atom is -0.368 e. The Morgan fingerprint density at radius 3 is 2.68 bits per heavy atom. The second kappa shape index (κ2) is 6.05. The summed E-state index contributed by atoms with van der Waals surface area (Å²) in [5.41, 5.74) is 3.40. The fraction of sp³-hybridized carbons (Fsp3) is 0.625. The first-order chi connectivity index (χ1) is 10.5. The molecule has 0 aromatic heterocycles. The molecular formula is C16H24ClN5. The lowest BCUT2D eigenvalue weighted by Gasteiger charge is -2.44. The molecule has 2 heterocycles. The van der Waals surface area contributed by atoms with Crippen LogP contribution in [0.2, 0.25) is 0 Å². The maximum atomic E-state index is 8.38. The van der Waals surface area contributed by atoms with Crippen molar-refractivity contribution in [2.24, 2.45) is 5.92 Å². The van der Waals surface area contributed by atoms with Crippen molar-refractivity contribution in [1.82, 2.24) is 15.5 Å².